The van der Waals surface area contributed by atoms with Gasteiger partial charge in [0.15, 0.2) is 5.17 Å². The second-order valence-electron chi connectivity index (χ2n) is 8.28. The van der Waals surface area contributed by atoms with Crippen LogP contribution in [-0.2, 0) is 11.5 Å². The van der Waals surface area contributed by atoms with E-state index in [1.165, 1.54) is 12.1 Å². The summed E-state index contributed by atoms with van der Waals surface area (Å²) in [6, 6.07) is 9.72. The third-order valence-electron chi connectivity index (χ3n) is 4.88. The molecule has 0 atom stereocenters. The zero-order valence-corrected chi connectivity index (χ0v) is 20.4. The molecule has 0 radical (unpaired) electrons. The van der Waals surface area contributed by atoms with Gasteiger partial charge in [0.1, 0.15) is 22.2 Å². The van der Waals surface area contributed by atoms with Gasteiger partial charge in [-0.2, -0.15) is 0 Å². The average Bonchev–Trinajstić information content (AvgIpc) is 2.99. The van der Waals surface area contributed by atoms with Crippen LogP contribution in [0.1, 0.15) is 25.0 Å². The predicted octanol–water partition coefficient (Wildman–Crippen LogP) is 5.81. The largest absolute Gasteiger partial charge is 0.377 e. The summed E-state index contributed by atoms with van der Waals surface area (Å²) in [6.07, 6.45) is 0. The molecule has 8 heteroatoms. The van der Waals surface area contributed by atoms with Gasteiger partial charge in [0, 0.05) is 51.1 Å². The van der Waals surface area contributed by atoms with Crippen LogP contribution in [0.4, 0.5) is 20.2 Å². The quantitative estimate of drug-likeness (QED) is 0.542. The Bertz CT molecular complexity index is 1020. The zero-order valence-electron chi connectivity index (χ0n) is 18.7. The minimum atomic E-state index is -0.404. The molecule has 0 bridgehead atoms. The highest BCUT2D eigenvalue weighted by atomic mass is 32.2. The van der Waals surface area contributed by atoms with E-state index in [2.05, 4.69) is 0 Å². The van der Waals surface area contributed by atoms with Gasteiger partial charge >= 0.3 is 0 Å². The minimum Gasteiger partial charge on any atom is -0.377 e. The number of benzene rings is 2. The van der Waals surface area contributed by atoms with E-state index < -0.39 is 5.54 Å². The molecule has 0 spiro atoms. The van der Waals surface area contributed by atoms with Crippen molar-refractivity contribution in [2.75, 3.05) is 38.0 Å². The molecule has 1 heterocycles. The Morgan fingerprint density at radius 3 is 1.77 bits per heavy atom. The van der Waals surface area contributed by atoms with Crippen molar-refractivity contribution >= 4 is 45.1 Å². The first-order chi connectivity index (χ1) is 14.6. The van der Waals surface area contributed by atoms with Crippen LogP contribution in [0.2, 0.25) is 0 Å². The number of amidine groups is 1. The van der Waals surface area contributed by atoms with Gasteiger partial charge in [0.2, 0.25) is 0 Å². The van der Waals surface area contributed by atoms with Crippen LogP contribution in [0.15, 0.2) is 46.4 Å². The van der Waals surface area contributed by atoms with E-state index >= 15 is 0 Å². The molecule has 1 aliphatic heterocycles. The number of aliphatic imine (C=N–C) groups is 2. The Morgan fingerprint density at radius 2 is 1.29 bits per heavy atom. The summed E-state index contributed by atoms with van der Waals surface area (Å²) in [5.41, 5.74) is 3.41. The number of nitrogens with zero attached hydrogens (tertiary/aromatic N) is 4. The Hall–Kier alpha value is -2.06. The van der Waals surface area contributed by atoms with E-state index in [9.17, 15) is 8.78 Å². The molecule has 2 aromatic carbocycles. The van der Waals surface area contributed by atoms with Gasteiger partial charge in [-0.05, 0) is 49.2 Å². The fourth-order valence-electron chi connectivity index (χ4n) is 3.25. The zero-order chi connectivity index (χ0) is 22.8. The van der Waals surface area contributed by atoms with E-state index in [0.717, 1.165) is 32.7 Å². The molecule has 166 valence electrons. The smallest absolute Gasteiger partial charge is 0.185 e. The van der Waals surface area contributed by atoms with Gasteiger partial charge in [0.05, 0.1) is 0 Å². The topological polar surface area (TPSA) is 31.2 Å². The Labute approximate surface area is 191 Å². The fraction of sp³-hybridized carbons (Fsp3) is 0.391. The number of halogens is 2. The van der Waals surface area contributed by atoms with Gasteiger partial charge < -0.3 is 9.80 Å². The Balaban J connectivity index is 1.70. The SMILES string of the molecule is CN(C)c1cc(F)ccc1CSC1=NC(C)(C)C(SCc2ccc(F)cc2N(C)C)=N1. The molecule has 0 saturated heterocycles. The first-order valence-corrected chi connectivity index (χ1v) is 11.9. The van der Waals surface area contributed by atoms with Crippen LogP contribution >= 0.6 is 23.5 Å². The van der Waals surface area contributed by atoms with Gasteiger partial charge in [-0.1, -0.05) is 23.9 Å². The number of hydrogen-bond donors (Lipinski definition) is 0. The molecule has 0 unspecified atom stereocenters. The predicted molar refractivity (Wildman–Crippen MR) is 133 cm³/mol. The van der Waals surface area contributed by atoms with Crippen molar-refractivity contribution in [3.05, 3.63) is 59.2 Å². The lowest BCUT2D eigenvalue weighted by Gasteiger charge is -2.20. The highest BCUT2D eigenvalue weighted by molar-refractivity contribution is 8.15. The molecule has 0 N–H and O–H groups in total. The summed E-state index contributed by atoms with van der Waals surface area (Å²) in [6.45, 7) is 4.10. The summed E-state index contributed by atoms with van der Waals surface area (Å²) in [7, 11) is 7.64. The van der Waals surface area contributed by atoms with E-state index in [1.807, 2.05) is 64.0 Å². The van der Waals surface area contributed by atoms with Crippen molar-refractivity contribution < 1.29 is 8.78 Å². The first kappa shape index (κ1) is 23.6. The molecule has 0 aliphatic carbocycles. The van der Waals surface area contributed by atoms with Gasteiger partial charge in [0.25, 0.3) is 0 Å². The number of thioether (sulfide) groups is 2. The highest BCUT2D eigenvalue weighted by Gasteiger charge is 2.31. The summed E-state index contributed by atoms with van der Waals surface area (Å²) in [5.74, 6) is 0.862. The third-order valence-corrected chi connectivity index (χ3v) is 7.09. The van der Waals surface area contributed by atoms with E-state index in [1.54, 1.807) is 35.7 Å². The molecular formula is C23H28F2N4S2. The maximum atomic E-state index is 13.6. The molecule has 3 rings (SSSR count). The van der Waals surface area contributed by atoms with Crippen LogP contribution in [0.25, 0.3) is 0 Å². The van der Waals surface area contributed by atoms with Gasteiger partial charge in [-0.25, -0.2) is 18.8 Å². The van der Waals surface area contributed by atoms with Crippen molar-refractivity contribution in [3.8, 4) is 0 Å². The first-order valence-electron chi connectivity index (χ1n) is 9.93. The Morgan fingerprint density at radius 1 is 0.806 bits per heavy atom. The second kappa shape index (κ2) is 9.61. The summed E-state index contributed by atoms with van der Waals surface area (Å²) in [5, 5.41) is 1.67. The lowest BCUT2D eigenvalue weighted by molar-refractivity contribution is 0.626. The van der Waals surface area contributed by atoms with Gasteiger partial charge in [-0.15, -0.1) is 11.8 Å². The highest BCUT2D eigenvalue weighted by Crippen LogP contribution is 2.34. The lowest BCUT2D eigenvalue weighted by Crippen LogP contribution is -2.23. The lowest BCUT2D eigenvalue weighted by atomic mass is 10.1. The Kier molecular flexibility index (Phi) is 7.31. The van der Waals surface area contributed by atoms with Crippen LogP contribution in [0, 0.1) is 11.6 Å². The summed E-state index contributed by atoms with van der Waals surface area (Å²) in [4.78, 5) is 13.4. The normalized spacial score (nSPS) is 15.0. The molecular weight excluding hydrogens is 434 g/mol. The molecule has 4 nitrogen and oxygen atoms in total. The molecule has 0 aromatic heterocycles. The average molecular weight is 463 g/mol. The third kappa shape index (κ3) is 5.80. The monoisotopic (exact) mass is 462 g/mol. The summed E-state index contributed by atoms with van der Waals surface area (Å²) >= 11 is 3.19. The van der Waals surface area contributed by atoms with E-state index in [0.29, 0.717) is 11.5 Å². The van der Waals surface area contributed by atoms with Crippen molar-refractivity contribution in [1.82, 2.24) is 0 Å². The minimum absolute atomic E-state index is 0.240. The van der Waals surface area contributed by atoms with Crippen LogP contribution in [-0.4, -0.2) is 43.9 Å². The van der Waals surface area contributed by atoms with Crippen molar-refractivity contribution in [1.29, 1.82) is 0 Å². The fourth-order valence-corrected chi connectivity index (χ4v) is 5.37. The molecule has 2 aromatic rings. The van der Waals surface area contributed by atoms with Crippen LogP contribution in [0.5, 0.6) is 0 Å². The summed E-state index contributed by atoms with van der Waals surface area (Å²) < 4.78 is 27.3. The van der Waals surface area contributed by atoms with Crippen molar-refractivity contribution in [3.63, 3.8) is 0 Å². The molecule has 1 aliphatic rings. The molecule has 0 fully saturated rings. The number of hydrogen-bond acceptors (Lipinski definition) is 6. The van der Waals surface area contributed by atoms with Crippen molar-refractivity contribution in [2.45, 2.75) is 30.9 Å². The second-order valence-corrected chi connectivity index (χ2v) is 10.2. The van der Waals surface area contributed by atoms with Crippen molar-refractivity contribution in [2.24, 2.45) is 9.98 Å². The van der Waals surface area contributed by atoms with Crippen LogP contribution in [0.3, 0.4) is 0 Å². The number of rotatable bonds is 6. The van der Waals surface area contributed by atoms with Crippen LogP contribution < -0.4 is 9.80 Å². The van der Waals surface area contributed by atoms with E-state index in [4.69, 9.17) is 9.98 Å². The van der Waals surface area contributed by atoms with Gasteiger partial charge in [-0.3, -0.25) is 0 Å². The molecule has 0 amide bonds. The molecule has 0 saturated carbocycles. The van der Waals surface area contributed by atoms with E-state index in [-0.39, 0.29) is 11.6 Å². The number of anilines is 2. The maximum absolute atomic E-state index is 13.6. The maximum Gasteiger partial charge on any atom is 0.185 e. The standard InChI is InChI=1S/C23H28F2N4S2/c1-23(2)21(30-13-15-7-9-17(24)11-19(15)28(3)4)26-22(27-23)31-14-16-8-10-18(25)12-20(16)29(5)6/h7-12H,13-14H2,1-6H3. The molecule has 31 heavy (non-hydrogen) atoms.